The average Bonchev–Trinajstić information content (AvgIpc) is 3.10. The van der Waals surface area contributed by atoms with Gasteiger partial charge in [-0.15, -0.1) is 10.2 Å². The third-order valence-corrected chi connectivity index (χ3v) is 4.72. The van der Waals surface area contributed by atoms with Gasteiger partial charge < -0.3 is 9.47 Å². The number of aromatic nitrogens is 3. The topological polar surface area (TPSA) is 37.2 Å². The summed E-state index contributed by atoms with van der Waals surface area (Å²) in [5.74, 6) is 0.961. The van der Waals surface area contributed by atoms with Gasteiger partial charge in [0.25, 0.3) is 0 Å². The summed E-state index contributed by atoms with van der Waals surface area (Å²) in [6.07, 6.45) is 1.76. The Morgan fingerprint density at radius 1 is 1.00 bits per heavy atom. The molecule has 1 saturated heterocycles. The number of piperazine rings is 1. The third kappa shape index (κ3) is 3.56. The summed E-state index contributed by atoms with van der Waals surface area (Å²) >= 11 is 0. The molecule has 25 heavy (non-hydrogen) atoms. The molecule has 0 amide bonds. The molecule has 1 aliphatic rings. The van der Waals surface area contributed by atoms with Crippen molar-refractivity contribution in [2.24, 2.45) is 7.05 Å². The smallest absolute Gasteiger partial charge is 0.226 e. The summed E-state index contributed by atoms with van der Waals surface area (Å²) in [6.45, 7) is 5.06. The highest BCUT2D eigenvalue weighted by Gasteiger charge is 2.20. The van der Waals surface area contributed by atoms with Crippen molar-refractivity contribution >= 4 is 5.95 Å². The van der Waals surface area contributed by atoms with Crippen LogP contribution in [0, 0.1) is 6.07 Å². The highest BCUT2D eigenvalue weighted by molar-refractivity contribution is 5.62. The zero-order chi connectivity index (χ0) is 17.1. The van der Waals surface area contributed by atoms with Crippen LogP contribution in [-0.4, -0.2) is 45.8 Å². The summed E-state index contributed by atoms with van der Waals surface area (Å²) < 4.78 is 1.98. The Hall–Kier alpha value is -2.66. The van der Waals surface area contributed by atoms with Crippen molar-refractivity contribution in [3.8, 4) is 11.1 Å². The summed E-state index contributed by atoms with van der Waals surface area (Å²) in [4.78, 5) is 4.80. The maximum atomic E-state index is 4.20. The number of nitrogens with zero attached hydrogens (tertiary/aromatic N) is 5. The van der Waals surface area contributed by atoms with E-state index in [1.807, 2.05) is 23.7 Å². The van der Waals surface area contributed by atoms with Crippen molar-refractivity contribution in [3.05, 3.63) is 66.5 Å². The van der Waals surface area contributed by atoms with Crippen LogP contribution >= 0.6 is 0 Å². The van der Waals surface area contributed by atoms with E-state index in [0.717, 1.165) is 44.2 Å². The fraction of sp³-hybridized carbons (Fsp3) is 0.300. The van der Waals surface area contributed by atoms with Gasteiger partial charge in [0.15, 0.2) is 0 Å². The van der Waals surface area contributed by atoms with Crippen LogP contribution in [0.15, 0.2) is 54.9 Å². The van der Waals surface area contributed by atoms with Gasteiger partial charge in [0.1, 0.15) is 6.33 Å². The number of aryl methyl sites for hydroxylation is 1. The van der Waals surface area contributed by atoms with Crippen molar-refractivity contribution in [1.29, 1.82) is 0 Å². The summed E-state index contributed by atoms with van der Waals surface area (Å²) in [6, 6.07) is 20.2. The van der Waals surface area contributed by atoms with Crippen LogP contribution in [0.3, 0.4) is 0 Å². The minimum atomic E-state index is 0.961. The van der Waals surface area contributed by atoms with Gasteiger partial charge in [-0.1, -0.05) is 48.5 Å². The Balaban J connectivity index is 1.35. The second kappa shape index (κ2) is 7.07. The zero-order valence-corrected chi connectivity index (χ0v) is 14.5. The number of hydrogen-bond acceptors (Lipinski definition) is 4. The summed E-state index contributed by atoms with van der Waals surface area (Å²) in [5, 5.41) is 8.18. The first-order valence-electron chi connectivity index (χ1n) is 8.67. The molecule has 2 heterocycles. The van der Waals surface area contributed by atoms with Gasteiger partial charge in [0.05, 0.1) is 0 Å². The molecule has 0 atom stereocenters. The monoisotopic (exact) mass is 332 g/mol. The molecule has 2 aromatic carbocycles. The number of rotatable bonds is 4. The highest BCUT2D eigenvalue weighted by Crippen LogP contribution is 2.20. The van der Waals surface area contributed by atoms with E-state index >= 15 is 0 Å². The number of hydrogen-bond donors (Lipinski definition) is 0. The lowest BCUT2D eigenvalue weighted by Gasteiger charge is -2.34. The molecule has 1 radical (unpaired) electrons. The van der Waals surface area contributed by atoms with Gasteiger partial charge in [-0.2, -0.15) is 0 Å². The molecule has 5 nitrogen and oxygen atoms in total. The summed E-state index contributed by atoms with van der Waals surface area (Å²) in [5.41, 5.74) is 3.72. The Morgan fingerprint density at radius 3 is 2.44 bits per heavy atom. The van der Waals surface area contributed by atoms with E-state index in [9.17, 15) is 0 Å². The molecule has 0 spiro atoms. The lowest BCUT2D eigenvalue weighted by molar-refractivity contribution is 0.248. The first-order chi connectivity index (χ1) is 12.3. The molecule has 1 aliphatic heterocycles. The van der Waals surface area contributed by atoms with E-state index in [0.29, 0.717) is 0 Å². The molecular formula is C20H22N5. The molecule has 0 saturated carbocycles. The molecule has 0 aliphatic carbocycles. The van der Waals surface area contributed by atoms with E-state index in [-0.39, 0.29) is 0 Å². The van der Waals surface area contributed by atoms with Crippen molar-refractivity contribution < 1.29 is 0 Å². The van der Waals surface area contributed by atoms with Crippen LogP contribution in [-0.2, 0) is 13.6 Å². The van der Waals surface area contributed by atoms with Crippen molar-refractivity contribution in [2.45, 2.75) is 6.54 Å². The Labute approximate surface area is 148 Å². The lowest BCUT2D eigenvalue weighted by atomic mass is 10.0. The van der Waals surface area contributed by atoms with Gasteiger partial charge in [-0.05, 0) is 22.8 Å². The van der Waals surface area contributed by atoms with Crippen LogP contribution in [0.1, 0.15) is 5.56 Å². The quantitative estimate of drug-likeness (QED) is 0.736. The standard InChI is InChI=1S/C20H22N5/c1-23-16-21-22-20(23)25-13-11-24(12-14-25)15-17-7-9-19(10-8-17)18-5-3-2-4-6-18/h2-5,7-10,16H,11-15H2,1H3. The lowest BCUT2D eigenvalue weighted by Crippen LogP contribution is -2.46. The largest absolute Gasteiger partial charge is 0.338 e. The second-order valence-electron chi connectivity index (χ2n) is 6.48. The number of anilines is 1. The van der Waals surface area contributed by atoms with E-state index in [2.05, 4.69) is 62.5 Å². The van der Waals surface area contributed by atoms with Crippen LogP contribution in [0.25, 0.3) is 11.1 Å². The predicted molar refractivity (Wildman–Crippen MR) is 99.2 cm³/mol. The first-order valence-corrected chi connectivity index (χ1v) is 8.67. The van der Waals surface area contributed by atoms with Crippen LogP contribution in [0.2, 0.25) is 0 Å². The fourth-order valence-electron chi connectivity index (χ4n) is 3.29. The molecule has 5 heteroatoms. The Kier molecular flexibility index (Phi) is 4.48. The van der Waals surface area contributed by atoms with E-state index < -0.39 is 0 Å². The first kappa shape index (κ1) is 15.8. The third-order valence-electron chi connectivity index (χ3n) is 4.72. The van der Waals surface area contributed by atoms with Gasteiger partial charge in [-0.25, -0.2) is 0 Å². The van der Waals surface area contributed by atoms with Crippen molar-refractivity contribution in [3.63, 3.8) is 0 Å². The molecule has 1 aromatic heterocycles. The highest BCUT2D eigenvalue weighted by atomic mass is 15.4. The minimum Gasteiger partial charge on any atom is -0.338 e. The maximum Gasteiger partial charge on any atom is 0.226 e. The normalized spacial score (nSPS) is 15.5. The van der Waals surface area contributed by atoms with E-state index in [4.69, 9.17) is 0 Å². The van der Waals surface area contributed by atoms with Gasteiger partial charge >= 0.3 is 0 Å². The SMILES string of the molecule is Cn1cnnc1N1CCN(Cc2ccc(-c3[c]cccc3)cc2)CC1. The molecule has 0 N–H and O–H groups in total. The molecule has 4 rings (SSSR count). The van der Waals surface area contributed by atoms with E-state index in [1.54, 1.807) is 6.33 Å². The molecule has 1 fully saturated rings. The Bertz CT molecular complexity index is 802. The summed E-state index contributed by atoms with van der Waals surface area (Å²) in [7, 11) is 1.99. The van der Waals surface area contributed by atoms with Crippen molar-refractivity contribution in [1.82, 2.24) is 19.7 Å². The number of benzene rings is 2. The molecule has 0 unspecified atom stereocenters. The van der Waals surface area contributed by atoms with Gasteiger partial charge in [0.2, 0.25) is 5.95 Å². The fourth-order valence-corrected chi connectivity index (χ4v) is 3.29. The zero-order valence-electron chi connectivity index (χ0n) is 14.5. The van der Waals surface area contributed by atoms with Crippen LogP contribution in [0.4, 0.5) is 5.95 Å². The van der Waals surface area contributed by atoms with Gasteiger partial charge in [-0.3, -0.25) is 4.90 Å². The molecule has 0 bridgehead atoms. The van der Waals surface area contributed by atoms with Gasteiger partial charge in [0, 0.05) is 39.8 Å². The molecule has 127 valence electrons. The molecular weight excluding hydrogens is 310 g/mol. The van der Waals surface area contributed by atoms with Crippen LogP contribution in [0.5, 0.6) is 0 Å². The predicted octanol–water partition coefficient (Wildman–Crippen LogP) is 2.60. The van der Waals surface area contributed by atoms with Crippen molar-refractivity contribution in [2.75, 3.05) is 31.1 Å². The van der Waals surface area contributed by atoms with E-state index in [1.165, 1.54) is 11.1 Å². The Morgan fingerprint density at radius 2 is 1.80 bits per heavy atom. The average molecular weight is 332 g/mol. The second-order valence-corrected chi connectivity index (χ2v) is 6.48. The minimum absolute atomic E-state index is 0.961. The molecule has 3 aromatic rings. The maximum absolute atomic E-state index is 4.20. The van der Waals surface area contributed by atoms with Crippen LogP contribution < -0.4 is 4.90 Å².